The van der Waals surface area contributed by atoms with Crippen LogP contribution in [0.25, 0.3) is 0 Å². The average molecular weight is 198 g/mol. The molecule has 0 atom stereocenters. The van der Waals surface area contributed by atoms with Crippen LogP contribution in [0.15, 0.2) is 12.1 Å². The fraction of sp³-hybridized carbons (Fsp3) is 0.222. The average Bonchev–Trinajstić information content (AvgIpc) is 2.17. The van der Waals surface area contributed by atoms with E-state index in [0.29, 0.717) is 5.56 Å². The van der Waals surface area contributed by atoms with Crippen molar-refractivity contribution in [1.29, 1.82) is 0 Å². The molecule has 1 aromatic carbocycles. The second kappa shape index (κ2) is 3.97. The molecule has 5 heteroatoms. The van der Waals surface area contributed by atoms with Gasteiger partial charge in [0.2, 0.25) is 0 Å². The van der Waals surface area contributed by atoms with Gasteiger partial charge in [-0.05, 0) is 17.7 Å². The molecule has 0 radical (unpaired) electrons. The zero-order valence-corrected chi connectivity index (χ0v) is 7.52. The topological polar surface area (TPSA) is 87.0 Å². The minimum absolute atomic E-state index is 0.0361. The normalized spacial score (nSPS) is 9.86. The number of aromatic hydroxyl groups is 1. The van der Waals surface area contributed by atoms with Crippen molar-refractivity contribution in [3.8, 4) is 11.5 Å². The summed E-state index contributed by atoms with van der Waals surface area (Å²) in [6.07, 6.45) is 0. The van der Waals surface area contributed by atoms with Crippen LogP contribution in [0.2, 0.25) is 0 Å². The number of aliphatic hydroxyl groups excluding tert-OH is 1. The molecule has 0 aromatic heterocycles. The van der Waals surface area contributed by atoms with E-state index < -0.39 is 11.7 Å². The number of rotatable bonds is 3. The molecule has 0 spiro atoms. The van der Waals surface area contributed by atoms with Crippen LogP contribution in [0.5, 0.6) is 11.5 Å². The summed E-state index contributed by atoms with van der Waals surface area (Å²) in [7, 11) is 1.31. The number of aromatic carboxylic acids is 1. The molecule has 76 valence electrons. The van der Waals surface area contributed by atoms with Crippen LogP contribution in [0, 0.1) is 0 Å². The third kappa shape index (κ3) is 1.77. The van der Waals surface area contributed by atoms with Crippen LogP contribution in [0.1, 0.15) is 15.9 Å². The quantitative estimate of drug-likeness (QED) is 0.661. The Labute approximate surface area is 80.2 Å². The molecule has 3 N–H and O–H groups in total. The zero-order valence-electron chi connectivity index (χ0n) is 7.52. The molecule has 0 fully saturated rings. The Kier molecular flexibility index (Phi) is 2.93. The monoisotopic (exact) mass is 198 g/mol. The van der Waals surface area contributed by atoms with E-state index in [1.54, 1.807) is 0 Å². The molecule has 0 saturated heterocycles. The number of aliphatic hydroxyl groups is 1. The van der Waals surface area contributed by atoms with E-state index in [2.05, 4.69) is 0 Å². The van der Waals surface area contributed by atoms with Crippen molar-refractivity contribution in [3.05, 3.63) is 23.3 Å². The van der Waals surface area contributed by atoms with E-state index in [-0.39, 0.29) is 17.9 Å². The predicted molar refractivity (Wildman–Crippen MR) is 47.5 cm³/mol. The number of phenols is 1. The van der Waals surface area contributed by atoms with Crippen molar-refractivity contribution in [2.45, 2.75) is 6.61 Å². The van der Waals surface area contributed by atoms with Crippen molar-refractivity contribution < 1.29 is 24.9 Å². The molecule has 0 saturated carbocycles. The number of benzene rings is 1. The Hall–Kier alpha value is -1.75. The molecule has 0 unspecified atom stereocenters. The zero-order chi connectivity index (χ0) is 10.7. The molecule has 5 nitrogen and oxygen atoms in total. The number of hydrogen-bond acceptors (Lipinski definition) is 4. The molecule has 14 heavy (non-hydrogen) atoms. The maximum atomic E-state index is 10.7. The number of ether oxygens (including phenoxy) is 1. The Bertz CT molecular complexity index is 358. The first-order valence-corrected chi connectivity index (χ1v) is 3.84. The highest BCUT2D eigenvalue weighted by Gasteiger charge is 2.15. The number of methoxy groups -OCH3 is 1. The largest absolute Gasteiger partial charge is 0.504 e. The van der Waals surface area contributed by atoms with E-state index >= 15 is 0 Å². The van der Waals surface area contributed by atoms with Crippen LogP contribution in [0.3, 0.4) is 0 Å². The molecule has 1 rings (SSSR count). The van der Waals surface area contributed by atoms with Gasteiger partial charge in [0.25, 0.3) is 0 Å². The molecule has 0 aliphatic heterocycles. The van der Waals surface area contributed by atoms with Crippen LogP contribution in [-0.2, 0) is 6.61 Å². The van der Waals surface area contributed by atoms with Gasteiger partial charge in [-0.15, -0.1) is 0 Å². The standard InChI is InChI=1S/C9H10O5/c1-14-7-3-5(4-10)2-6(8(7)11)9(12)13/h2-3,10-11H,4H2,1H3,(H,12,13). The Balaban J connectivity index is 3.34. The van der Waals surface area contributed by atoms with Crippen molar-refractivity contribution in [1.82, 2.24) is 0 Å². The van der Waals surface area contributed by atoms with Gasteiger partial charge in [-0.25, -0.2) is 4.79 Å². The Morgan fingerprint density at radius 2 is 2.14 bits per heavy atom. The summed E-state index contributed by atoms with van der Waals surface area (Å²) in [6.45, 7) is -0.309. The lowest BCUT2D eigenvalue weighted by Gasteiger charge is -2.08. The lowest BCUT2D eigenvalue weighted by Crippen LogP contribution is -2.00. The highest BCUT2D eigenvalue weighted by Crippen LogP contribution is 2.31. The van der Waals surface area contributed by atoms with E-state index in [1.165, 1.54) is 19.2 Å². The summed E-state index contributed by atoms with van der Waals surface area (Å²) < 4.78 is 4.75. The minimum Gasteiger partial charge on any atom is -0.504 e. The SMILES string of the molecule is COc1cc(CO)cc(C(=O)O)c1O. The van der Waals surface area contributed by atoms with Gasteiger partial charge in [0.05, 0.1) is 13.7 Å². The molecule has 1 aromatic rings. The Morgan fingerprint density at radius 1 is 1.50 bits per heavy atom. The van der Waals surface area contributed by atoms with Gasteiger partial charge in [-0.1, -0.05) is 0 Å². The van der Waals surface area contributed by atoms with E-state index in [0.717, 1.165) is 0 Å². The molecular formula is C9H10O5. The fourth-order valence-electron chi connectivity index (χ4n) is 1.07. The van der Waals surface area contributed by atoms with Crippen molar-refractivity contribution in [2.24, 2.45) is 0 Å². The van der Waals surface area contributed by atoms with Gasteiger partial charge in [-0.2, -0.15) is 0 Å². The molecule has 0 aliphatic carbocycles. The highest BCUT2D eigenvalue weighted by atomic mass is 16.5. The maximum Gasteiger partial charge on any atom is 0.339 e. The number of hydrogen-bond donors (Lipinski definition) is 3. The van der Waals surface area contributed by atoms with Crippen LogP contribution < -0.4 is 4.74 Å². The lowest BCUT2D eigenvalue weighted by atomic mass is 10.1. The van der Waals surface area contributed by atoms with E-state index in [1.807, 2.05) is 0 Å². The maximum absolute atomic E-state index is 10.7. The number of carbonyl (C=O) groups is 1. The van der Waals surface area contributed by atoms with Crippen molar-refractivity contribution in [2.75, 3.05) is 7.11 Å². The van der Waals surface area contributed by atoms with Gasteiger partial charge in [0, 0.05) is 0 Å². The first kappa shape index (κ1) is 10.3. The first-order chi connectivity index (χ1) is 6.60. The molecule has 0 bridgehead atoms. The summed E-state index contributed by atoms with van der Waals surface area (Å²) in [6, 6.07) is 2.57. The fourth-order valence-corrected chi connectivity index (χ4v) is 1.07. The lowest BCUT2D eigenvalue weighted by molar-refractivity contribution is 0.0693. The van der Waals surface area contributed by atoms with Crippen molar-refractivity contribution in [3.63, 3.8) is 0 Å². The second-order valence-electron chi connectivity index (χ2n) is 2.66. The summed E-state index contributed by atoms with van der Waals surface area (Å²) >= 11 is 0. The van der Waals surface area contributed by atoms with Crippen LogP contribution in [0.4, 0.5) is 0 Å². The molecule has 0 heterocycles. The Morgan fingerprint density at radius 3 is 2.57 bits per heavy atom. The summed E-state index contributed by atoms with van der Waals surface area (Å²) in [5.74, 6) is -1.66. The second-order valence-corrected chi connectivity index (χ2v) is 2.66. The van der Waals surface area contributed by atoms with Crippen LogP contribution in [-0.4, -0.2) is 28.4 Å². The minimum atomic E-state index is -1.27. The highest BCUT2D eigenvalue weighted by molar-refractivity contribution is 5.92. The molecular weight excluding hydrogens is 188 g/mol. The summed E-state index contributed by atoms with van der Waals surface area (Å²) in [5.41, 5.74) is 0.0884. The van der Waals surface area contributed by atoms with Gasteiger partial charge in [0.15, 0.2) is 11.5 Å². The first-order valence-electron chi connectivity index (χ1n) is 3.84. The van der Waals surface area contributed by atoms with Gasteiger partial charge >= 0.3 is 5.97 Å². The smallest absolute Gasteiger partial charge is 0.339 e. The van der Waals surface area contributed by atoms with Crippen molar-refractivity contribution >= 4 is 5.97 Å². The third-order valence-corrected chi connectivity index (χ3v) is 1.77. The van der Waals surface area contributed by atoms with Crippen LogP contribution >= 0.6 is 0 Å². The van der Waals surface area contributed by atoms with E-state index in [4.69, 9.17) is 14.9 Å². The number of carboxylic acid groups (broad SMARTS) is 1. The predicted octanol–water partition coefficient (Wildman–Crippen LogP) is 0.591. The van der Waals surface area contributed by atoms with Gasteiger partial charge < -0.3 is 20.1 Å². The molecule has 0 amide bonds. The third-order valence-electron chi connectivity index (χ3n) is 1.77. The molecule has 0 aliphatic rings. The van der Waals surface area contributed by atoms with Gasteiger partial charge in [0.1, 0.15) is 5.56 Å². The van der Waals surface area contributed by atoms with E-state index in [9.17, 15) is 9.90 Å². The summed E-state index contributed by atoms with van der Waals surface area (Å²) in [4.78, 5) is 10.7. The number of carboxylic acids is 1. The van der Waals surface area contributed by atoms with Gasteiger partial charge in [-0.3, -0.25) is 0 Å². The summed E-state index contributed by atoms with van der Waals surface area (Å²) in [5, 5.41) is 26.9.